The van der Waals surface area contributed by atoms with Gasteiger partial charge in [0.15, 0.2) is 0 Å². The van der Waals surface area contributed by atoms with Crippen LogP contribution in [0.15, 0.2) is 60.7 Å². The van der Waals surface area contributed by atoms with Crippen LogP contribution in [-0.4, -0.2) is 24.8 Å². The van der Waals surface area contributed by atoms with Crippen LogP contribution in [0.5, 0.6) is 0 Å². The van der Waals surface area contributed by atoms with Crippen molar-refractivity contribution < 1.29 is 19.1 Å². The van der Waals surface area contributed by atoms with E-state index in [0.717, 1.165) is 16.9 Å². The number of nitrogen functional groups attached to an aromatic ring is 1. The van der Waals surface area contributed by atoms with Gasteiger partial charge in [-0.2, -0.15) is 0 Å². The average molecular weight is 406 g/mol. The number of nitrogens with two attached hydrogens (primary N) is 1. The van der Waals surface area contributed by atoms with Gasteiger partial charge in [0, 0.05) is 17.0 Å². The molecule has 29 heavy (non-hydrogen) atoms. The molecule has 0 spiro atoms. The summed E-state index contributed by atoms with van der Waals surface area (Å²) >= 11 is 1.13. The fourth-order valence-electron chi connectivity index (χ4n) is 3.64. The van der Waals surface area contributed by atoms with E-state index in [0.29, 0.717) is 21.0 Å². The summed E-state index contributed by atoms with van der Waals surface area (Å²) in [6, 6.07) is 18.0. The Labute approximate surface area is 171 Å². The maximum absolute atomic E-state index is 13.0. The maximum Gasteiger partial charge on any atom is 0.319 e. The number of carbonyl (C=O) groups excluding carboxylic acids is 3. The molecule has 2 heterocycles. The van der Waals surface area contributed by atoms with E-state index in [2.05, 4.69) is 5.32 Å². The van der Waals surface area contributed by atoms with Crippen molar-refractivity contribution in [2.45, 2.75) is 5.92 Å². The van der Waals surface area contributed by atoms with Crippen molar-refractivity contribution in [3.8, 4) is 0 Å². The van der Waals surface area contributed by atoms with Crippen LogP contribution in [-0.2, 0) is 14.3 Å². The molecule has 6 nitrogen and oxygen atoms in total. The van der Waals surface area contributed by atoms with Crippen LogP contribution in [0.3, 0.4) is 0 Å². The molecule has 0 radical (unpaired) electrons. The molecular weight excluding hydrogens is 388 g/mol. The fraction of sp³-hybridized carbons (Fsp3) is 0.136. The van der Waals surface area contributed by atoms with Gasteiger partial charge in [-0.1, -0.05) is 60.7 Å². The zero-order valence-corrected chi connectivity index (χ0v) is 16.4. The maximum atomic E-state index is 13.0. The largest absolute Gasteiger partial charge is 0.468 e. The predicted molar refractivity (Wildman–Crippen MR) is 111 cm³/mol. The molecule has 4 rings (SSSR count). The number of ether oxygens (including phenoxy) is 1. The Bertz CT molecular complexity index is 1090. The van der Waals surface area contributed by atoms with Crippen LogP contribution in [0, 0.1) is 5.92 Å². The number of ketones is 1. The van der Waals surface area contributed by atoms with E-state index in [1.165, 1.54) is 7.11 Å². The molecule has 2 aromatic carbocycles. The first-order chi connectivity index (χ1) is 14.0. The smallest absolute Gasteiger partial charge is 0.319 e. The normalized spacial score (nSPS) is 17.9. The molecule has 1 aliphatic heterocycles. The highest BCUT2D eigenvalue weighted by molar-refractivity contribution is 7.19. The zero-order chi connectivity index (χ0) is 20.5. The van der Waals surface area contributed by atoms with E-state index in [1.807, 2.05) is 36.4 Å². The Hall–Kier alpha value is -3.45. The molecule has 0 fully saturated rings. The molecule has 0 unspecified atom stereocenters. The number of benzene rings is 2. The molecule has 3 N–H and O–H groups in total. The van der Waals surface area contributed by atoms with E-state index in [4.69, 9.17) is 10.5 Å². The second-order valence-corrected chi connectivity index (χ2v) is 7.68. The van der Waals surface area contributed by atoms with Gasteiger partial charge in [-0.3, -0.25) is 14.4 Å². The summed E-state index contributed by atoms with van der Waals surface area (Å²) in [5, 5.41) is 3.23. The quantitative estimate of drug-likeness (QED) is 0.393. The zero-order valence-electron chi connectivity index (χ0n) is 15.5. The minimum Gasteiger partial charge on any atom is -0.468 e. The van der Waals surface area contributed by atoms with Crippen molar-refractivity contribution in [1.82, 2.24) is 0 Å². The molecule has 0 bridgehead atoms. The number of methoxy groups -OCH3 is 1. The Morgan fingerprint density at radius 3 is 2.28 bits per heavy atom. The number of fused-ring (bicyclic) bond motifs is 1. The second-order valence-electron chi connectivity index (χ2n) is 6.66. The number of thiophene rings is 1. The third-order valence-electron chi connectivity index (χ3n) is 5.00. The number of carbonyl (C=O) groups is 3. The minimum atomic E-state index is -1.09. The summed E-state index contributed by atoms with van der Waals surface area (Å²) in [5.74, 6) is -3.08. The molecule has 146 valence electrons. The van der Waals surface area contributed by atoms with Crippen molar-refractivity contribution in [3.63, 3.8) is 0 Å². The number of nitrogens with one attached hydrogen (secondary N) is 1. The first-order valence-electron chi connectivity index (χ1n) is 8.98. The van der Waals surface area contributed by atoms with Crippen LogP contribution in [0.2, 0.25) is 0 Å². The fourth-order valence-corrected chi connectivity index (χ4v) is 4.78. The van der Waals surface area contributed by atoms with E-state index in [-0.39, 0.29) is 11.5 Å². The Kier molecular flexibility index (Phi) is 4.90. The molecule has 1 aromatic heterocycles. The second kappa shape index (κ2) is 7.52. The van der Waals surface area contributed by atoms with Crippen molar-refractivity contribution in [1.29, 1.82) is 0 Å². The summed E-state index contributed by atoms with van der Waals surface area (Å²) in [4.78, 5) is 38.6. The minimum absolute atomic E-state index is 0.224. The average Bonchev–Trinajstić information content (AvgIpc) is 3.08. The number of esters is 1. The lowest BCUT2D eigenvalue weighted by Crippen LogP contribution is -2.39. The van der Waals surface area contributed by atoms with Crippen LogP contribution in [0.1, 0.15) is 32.3 Å². The predicted octanol–water partition coefficient (Wildman–Crippen LogP) is 3.43. The highest BCUT2D eigenvalue weighted by Gasteiger charge is 2.45. The molecule has 0 aliphatic carbocycles. The SMILES string of the molecule is COC(=O)[C@@H]1C(=O)Nc2sc(C(=O)c3ccccc3)c(N)c2[C@@H]1c1ccccc1. The van der Waals surface area contributed by atoms with Gasteiger partial charge in [0.1, 0.15) is 15.8 Å². The third kappa shape index (κ3) is 3.19. The van der Waals surface area contributed by atoms with Crippen molar-refractivity contribution in [2.75, 3.05) is 18.2 Å². The molecular formula is C22H18N2O4S. The summed E-state index contributed by atoms with van der Waals surface area (Å²) in [5.41, 5.74) is 8.54. The summed E-state index contributed by atoms with van der Waals surface area (Å²) in [6.07, 6.45) is 0. The summed E-state index contributed by atoms with van der Waals surface area (Å²) in [6.45, 7) is 0. The van der Waals surface area contributed by atoms with E-state index in [1.54, 1.807) is 24.3 Å². The van der Waals surface area contributed by atoms with Gasteiger partial charge in [0.2, 0.25) is 11.7 Å². The first kappa shape index (κ1) is 18.9. The Balaban J connectivity index is 1.89. The third-order valence-corrected chi connectivity index (χ3v) is 6.14. The number of hydrogen-bond acceptors (Lipinski definition) is 6. The van der Waals surface area contributed by atoms with Crippen LogP contribution >= 0.6 is 11.3 Å². The number of amides is 1. The van der Waals surface area contributed by atoms with E-state index in [9.17, 15) is 14.4 Å². The Morgan fingerprint density at radius 2 is 1.66 bits per heavy atom. The van der Waals surface area contributed by atoms with Gasteiger partial charge < -0.3 is 15.8 Å². The lowest BCUT2D eigenvalue weighted by Gasteiger charge is -2.30. The lowest BCUT2D eigenvalue weighted by molar-refractivity contribution is -0.149. The van der Waals surface area contributed by atoms with Gasteiger partial charge >= 0.3 is 5.97 Å². The van der Waals surface area contributed by atoms with Gasteiger partial charge in [0.25, 0.3) is 0 Å². The lowest BCUT2D eigenvalue weighted by atomic mass is 9.78. The molecule has 2 atom stereocenters. The molecule has 0 saturated carbocycles. The number of anilines is 2. The topological polar surface area (TPSA) is 98.5 Å². The van der Waals surface area contributed by atoms with E-state index < -0.39 is 23.7 Å². The Morgan fingerprint density at radius 1 is 1.03 bits per heavy atom. The van der Waals surface area contributed by atoms with Gasteiger partial charge in [-0.05, 0) is 5.56 Å². The van der Waals surface area contributed by atoms with E-state index >= 15 is 0 Å². The van der Waals surface area contributed by atoms with Crippen LogP contribution in [0.4, 0.5) is 10.7 Å². The summed E-state index contributed by atoms with van der Waals surface area (Å²) in [7, 11) is 1.24. The van der Waals surface area contributed by atoms with Crippen LogP contribution in [0.25, 0.3) is 0 Å². The molecule has 1 aliphatic rings. The molecule has 7 heteroatoms. The monoisotopic (exact) mass is 406 g/mol. The van der Waals surface area contributed by atoms with Gasteiger partial charge in [-0.25, -0.2) is 0 Å². The van der Waals surface area contributed by atoms with Gasteiger partial charge in [-0.15, -0.1) is 11.3 Å². The van der Waals surface area contributed by atoms with Gasteiger partial charge in [0.05, 0.1) is 12.8 Å². The first-order valence-corrected chi connectivity index (χ1v) is 9.80. The molecule has 0 saturated heterocycles. The highest BCUT2D eigenvalue weighted by Crippen LogP contribution is 2.49. The van der Waals surface area contributed by atoms with Crippen molar-refractivity contribution >= 4 is 39.7 Å². The standard InChI is InChI=1S/C22H18N2O4S/c1-28-22(27)16-14(12-8-4-2-5-9-12)15-17(23)19(29-21(15)24-20(16)26)18(25)13-10-6-3-7-11-13/h2-11,14,16H,23H2,1H3,(H,24,26)/t14-,16-/m0/s1. The molecule has 3 aromatic rings. The number of hydrogen-bond donors (Lipinski definition) is 2. The van der Waals surface area contributed by atoms with Crippen molar-refractivity contribution in [2.24, 2.45) is 5.92 Å². The number of rotatable bonds is 4. The highest BCUT2D eigenvalue weighted by atomic mass is 32.1. The van der Waals surface area contributed by atoms with Crippen LogP contribution < -0.4 is 11.1 Å². The summed E-state index contributed by atoms with van der Waals surface area (Å²) < 4.78 is 4.89. The van der Waals surface area contributed by atoms with Crippen molar-refractivity contribution in [3.05, 3.63) is 82.2 Å². The molecule has 1 amide bonds.